The van der Waals surface area contributed by atoms with Gasteiger partial charge in [0.05, 0.1) is 12.5 Å². The molecule has 0 aliphatic carbocycles. The summed E-state index contributed by atoms with van der Waals surface area (Å²) in [6.07, 6.45) is 2.32. The second-order valence-electron chi connectivity index (χ2n) is 6.55. The molecular weight excluding hydrogens is 314 g/mol. The van der Waals surface area contributed by atoms with Crippen molar-refractivity contribution in [2.75, 3.05) is 25.1 Å². The maximum absolute atomic E-state index is 12.6. The highest BCUT2D eigenvalue weighted by atomic mass is 16.5. The fraction of sp³-hybridized carbons (Fsp3) is 0.450. The molecule has 0 atom stereocenters. The topological polar surface area (TPSA) is 55.3 Å². The monoisotopic (exact) mass is 339 g/mol. The summed E-state index contributed by atoms with van der Waals surface area (Å²) in [4.78, 5) is 23.9. The number of aryl methyl sites for hydroxylation is 2. The second kappa shape index (κ2) is 7.21. The number of piperidine rings is 1. The van der Waals surface area contributed by atoms with Crippen LogP contribution in [0.15, 0.2) is 36.4 Å². The molecular formula is C20H25N3O2. The normalized spacial score (nSPS) is 16.5. The van der Waals surface area contributed by atoms with Gasteiger partial charge >= 0.3 is 5.97 Å². The lowest BCUT2D eigenvalue weighted by Gasteiger charge is -2.40. The number of nitrogens with zero attached hydrogens (tertiary/aromatic N) is 3. The molecule has 3 rings (SSSR count). The number of aromatic nitrogens is 2. The maximum atomic E-state index is 12.6. The van der Waals surface area contributed by atoms with Crippen LogP contribution in [-0.2, 0) is 21.4 Å². The number of carbonyl (C=O) groups is 1. The van der Waals surface area contributed by atoms with Crippen molar-refractivity contribution in [1.82, 2.24) is 9.97 Å². The van der Waals surface area contributed by atoms with Gasteiger partial charge in [0.15, 0.2) is 0 Å². The summed E-state index contributed by atoms with van der Waals surface area (Å²) < 4.78 is 5.16. The minimum absolute atomic E-state index is 0.147. The average molecular weight is 339 g/mol. The number of anilines is 1. The van der Waals surface area contributed by atoms with E-state index < -0.39 is 5.41 Å². The molecule has 1 aliphatic rings. The fourth-order valence-corrected chi connectivity index (χ4v) is 3.64. The van der Waals surface area contributed by atoms with E-state index in [2.05, 4.69) is 27.9 Å². The Labute approximate surface area is 149 Å². The zero-order chi connectivity index (χ0) is 17.9. The molecule has 1 saturated heterocycles. The molecule has 2 heterocycles. The van der Waals surface area contributed by atoms with E-state index >= 15 is 0 Å². The van der Waals surface area contributed by atoms with E-state index in [1.54, 1.807) is 0 Å². The molecule has 1 aromatic carbocycles. The van der Waals surface area contributed by atoms with E-state index in [-0.39, 0.29) is 5.97 Å². The molecule has 1 aromatic heterocycles. The first-order valence-corrected chi connectivity index (χ1v) is 8.82. The van der Waals surface area contributed by atoms with Crippen molar-refractivity contribution in [1.29, 1.82) is 0 Å². The summed E-state index contributed by atoms with van der Waals surface area (Å²) >= 11 is 0. The molecule has 1 aliphatic heterocycles. The molecule has 0 bridgehead atoms. The molecule has 25 heavy (non-hydrogen) atoms. The summed E-state index contributed by atoms with van der Waals surface area (Å²) in [6.45, 7) is 5.56. The van der Waals surface area contributed by atoms with Crippen LogP contribution in [0.1, 0.15) is 36.8 Å². The minimum Gasteiger partial charge on any atom is -0.468 e. The van der Waals surface area contributed by atoms with Gasteiger partial charge in [-0.05, 0) is 31.7 Å². The van der Waals surface area contributed by atoms with Gasteiger partial charge in [-0.15, -0.1) is 0 Å². The van der Waals surface area contributed by atoms with Crippen LogP contribution < -0.4 is 4.90 Å². The first-order chi connectivity index (χ1) is 12.1. The zero-order valence-electron chi connectivity index (χ0n) is 15.2. The summed E-state index contributed by atoms with van der Waals surface area (Å²) in [5.74, 6) is 1.60. The molecule has 0 amide bonds. The van der Waals surface area contributed by atoms with E-state index in [1.165, 1.54) is 7.11 Å². The fourth-order valence-electron chi connectivity index (χ4n) is 3.64. The van der Waals surface area contributed by atoms with Crippen molar-refractivity contribution in [3.8, 4) is 0 Å². The third kappa shape index (κ3) is 3.36. The molecule has 2 aromatic rings. The van der Waals surface area contributed by atoms with Crippen LogP contribution in [0.4, 0.5) is 5.82 Å². The molecule has 5 nitrogen and oxygen atoms in total. The van der Waals surface area contributed by atoms with Crippen molar-refractivity contribution in [2.24, 2.45) is 0 Å². The second-order valence-corrected chi connectivity index (χ2v) is 6.55. The van der Waals surface area contributed by atoms with Gasteiger partial charge in [-0.3, -0.25) is 4.79 Å². The van der Waals surface area contributed by atoms with Crippen LogP contribution in [0.5, 0.6) is 0 Å². The van der Waals surface area contributed by atoms with Crippen molar-refractivity contribution < 1.29 is 9.53 Å². The van der Waals surface area contributed by atoms with Gasteiger partial charge in [0.1, 0.15) is 11.6 Å². The van der Waals surface area contributed by atoms with Crippen molar-refractivity contribution in [2.45, 2.75) is 38.5 Å². The van der Waals surface area contributed by atoms with Crippen LogP contribution in [0.2, 0.25) is 0 Å². The number of hydrogen-bond acceptors (Lipinski definition) is 5. The van der Waals surface area contributed by atoms with Gasteiger partial charge in [0.25, 0.3) is 0 Å². The number of ether oxygens (including phenoxy) is 1. The summed E-state index contributed by atoms with van der Waals surface area (Å²) in [6, 6.07) is 12.0. The highest BCUT2D eigenvalue weighted by Crippen LogP contribution is 2.37. The Morgan fingerprint density at radius 1 is 1.20 bits per heavy atom. The van der Waals surface area contributed by atoms with Crippen molar-refractivity contribution in [3.63, 3.8) is 0 Å². The van der Waals surface area contributed by atoms with E-state index in [1.807, 2.05) is 37.3 Å². The Kier molecular flexibility index (Phi) is 5.02. The number of carbonyl (C=O) groups excluding carboxylic acids is 1. The molecule has 132 valence electrons. The predicted molar refractivity (Wildman–Crippen MR) is 97.7 cm³/mol. The molecule has 0 N–H and O–H groups in total. The van der Waals surface area contributed by atoms with Crippen LogP contribution in [0, 0.1) is 6.92 Å². The third-order valence-corrected chi connectivity index (χ3v) is 5.08. The molecule has 0 radical (unpaired) electrons. The Morgan fingerprint density at radius 2 is 1.88 bits per heavy atom. The summed E-state index contributed by atoms with van der Waals surface area (Å²) in [7, 11) is 1.47. The van der Waals surface area contributed by atoms with Crippen LogP contribution in [-0.4, -0.2) is 36.1 Å². The maximum Gasteiger partial charge on any atom is 0.316 e. The standard InChI is InChI=1S/C20H25N3O2/c1-4-17-14-18(22-15(2)21-17)23-12-10-20(11-13-23,19(24)25-3)16-8-6-5-7-9-16/h5-9,14H,4,10-13H2,1-3H3. The van der Waals surface area contributed by atoms with E-state index in [4.69, 9.17) is 4.74 Å². The number of hydrogen-bond donors (Lipinski definition) is 0. The van der Waals surface area contributed by atoms with Gasteiger partial charge in [-0.25, -0.2) is 9.97 Å². The van der Waals surface area contributed by atoms with Crippen molar-refractivity contribution in [3.05, 3.63) is 53.5 Å². The SMILES string of the molecule is CCc1cc(N2CCC(C(=O)OC)(c3ccccc3)CC2)nc(C)n1. The first-order valence-electron chi connectivity index (χ1n) is 8.82. The lowest BCUT2D eigenvalue weighted by molar-refractivity contribution is -0.148. The van der Waals surface area contributed by atoms with Crippen LogP contribution in [0.3, 0.4) is 0 Å². The van der Waals surface area contributed by atoms with Crippen LogP contribution >= 0.6 is 0 Å². The van der Waals surface area contributed by atoms with E-state index in [0.717, 1.165) is 42.4 Å². The van der Waals surface area contributed by atoms with E-state index in [9.17, 15) is 4.79 Å². The Balaban J connectivity index is 1.85. The third-order valence-electron chi connectivity index (χ3n) is 5.08. The minimum atomic E-state index is -0.567. The molecule has 0 unspecified atom stereocenters. The quantitative estimate of drug-likeness (QED) is 0.801. The van der Waals surface area contributed by atoms with Gasteiger partial charge < -0.3 is 9.64 Å². The first kappa shape index (κ1) is 17.4. The molecule has 0 saturated carbocycles. The Morgan fingerprint density at radius 3 is 2.48 bits per heavy atom. The highest BCUT2D eigenvalue weighted by Gasteiger charge is 2.44. The predicted octanol–water partition coefficient (Wildman–Crippen LogP) is 3.06. The van der Waals surface area contributed by atoms with Gasteiger partial charge in [-0.1, -0.05) is 37.3 Å². The molecule has 5 heteroatoms. The van der Waals surface area contributed by atoms with Crippen molar-refractivity contribution >= 4 is 11.8 Å². The Bertz CT molecular complexity index is 738. The Hall–Kier alpha value is -2.43. The van der Waals surface area contributed by atoms with Gasteiger partial charge in [0, 0.05) is 24.8 Å². The highest BCUT2D eigenvalue weighted by molar-refractivity contribution is 5.83. The zero-order valence-corrected chi connectivity index (χ0v) is 15.2. The lowest BCUT2D eigenvalue weighted by Crippen LogP contribution is -2.48. The number of rotatable bonds is 4. The smallest absolute Gasteiger partial charge is 0.316 e. The average Bonchev–Trinajstić information content (AvgIpc) is 2.67. The largest absolute Gasteiger partial charge is 0.468 e. The lowest BCUT2D eigenvalue weighted by atomic mass is 9.72. The number of benzene rings is 1. The van der Waals surface area contributed by atoms with Gasteiger partial charge in [-0.2, -0.15) is 0 Å². The summed E-state index contributed by atoms with van der Waals surface area (Å²) in [5.41, 5.74) is 1.52. The molecule has 0 spiro atoms. The molecule has 1 fully saturated rings. The number of methoxy groups -OCH3 is 1. The van der Waals surface area contributed by atoms with Gasteiger partial charge in [0.2, 0.25) is 0 Å². The van der Waals surface area contributed by atoms with E-state index in [0.29, 0.717) is 12.8 Å². The summed E-state index contributed by atoms with van der Waals surface area (Å²) in [5, 5.41) is 0. The number of esters is 1. The van der Waals surface area contributed by atoms with Crippen LogP contribution in [0.25, 0.3) is 0 Å².